The van der Waals surface area contributed by atoms with Gasteiger partial charge in [-0.05, 0) is 76.9 Å². The van der Waals surface area contributed by atoms with Crippen molar-refractivity contribution in [3.8, 4) is 0 Å². The van der Waals surface area contributed by atoms with E-state index in [1.54, 1.807) is 18.5 Å². The number of carbonyl (C=O) groups is 1. The third kappa shape index (κ3) is 6.01. The molecule has 2 aromatic heterocycles. The van der Waals surface area contributed by atoms with Crippen molar-refractivity contribution in [1.82, 2.24) is 24.8 Å². The van der Waals surface area contributed by atoms with E-state index in [0.29, 0.717) is 46.3 Å². The highest BCUT2D eigenvalue weighted by atomic mass is 16.6. The molecule has 0 spiro atoms. The summed E-state index contributed by atoms with van der Waals surface area (Å²) in [6.07, 6.45) is 6.05. The Kier molecular flexibility index (Phi) is 7.87. The first kappa shape index (κ1) is 27.0. The molecule has 1 fully saturated rings. The lowest BCUT2D eigenvalue weighted by Gasteiger charge is -2.28. The van der Waals surface area contributed by atoms with Crippen molar-refractivity contribution in [2.24, 2.45) is 0 Å². The molecule has 0 aliphatic heterocycles. The van der Waals surface area contributed by atoms with Crippen molar-refractivity contribution < 1.29 is 9.72 Å². The standard InChI is InChI=1S/C28H33N9O3/c1-17(2)36-16-30-24-25(34-28(35-26(24)36)33-20-11-9-19(29-3)10-12-20)31-21-5-4-6-22(15-21)32-27(38)18-7-13-23(14-8-18)37(39)40/h4-8,13-17,19-20,29H,9-12H2,1-3H3,(H,32,38)(H2,31,33,34,35). The second-order valence-corrected chi connectivity index (χ2v) is 10.3. The lowest BCUT2D eigenvalue weighted by atomic mass is 9.91. The average Bonchev–Trinajstić information content (AvgIpc) is 3.38. The first-order valence-electron chi connectivity index (χ1n) is 13.4. The largest absolute Gasteiger partial charge is 0.351 e. The van der Waals surface area contributed by atoms with E-state index in [1.807, 2.05) is 23.7 Å². The van der Waals surface area contributed by atoms with Gasteiger partial charge in [0.1, 0.15) is 0 Å². The highest BCUT2D eigenvalue weighted by molar-refractivity contribution is 6.04. The minimum atomic E-state index is -0.500. The van der Waals surface area contributed by atoms with Crippen LogP contribution in [0.5, 0.6) is 0 Å². The Balaban J connectivity index is 1.37. The fourth-order valence-electron chi connectivity index (χ4n) is 4.90. The van der Waals surface area contributed by atoms with Crippen LogP contribution in [-0.2, 0) is 0 Å². The molecule has 1 aliphatic carbocycles. The van der Waals surface area contributed by atoms with Gasteiger partial charge >= 0.3 is 0 Å². The van der Waals surface area contributed by atoms with Crippen LogP contribution in [0.4, 0.5) is 28.8 Å². The monoisotopic (exact) mass is 543 g/mol. The average molecular weight is 544 g/mol. The number of nitro groups is 1. The smallest absolute Gasteiger partial charge is 0.269 e. The van der Waals surface area contributed by atoms with Gasteiger partial charge in [0.05, 0.1) is 11.3 Å². The van der Waals surface area contributed by atoms with Crippen molar-refractivity contribution in [2.45, 2.75) is 57.7 Å². The summed E-state index contributed by atoms with van der Waals surface area (Å²) in [6.45, 7) is 4.17. The van der Waals surface area contributed by atoms with Gasteiger partial charge in [-0.15, -0.1) is 0 Å². The SMILES string of the molecule is CNC1CCC(Nc2nc(Nc3cccc(NC(=O)c4ccc([N+](=O)[O-])cc4)c3)c3ncn(C(C)C)c3n2)CC1. The third-order valence-corrected chi connectivity index (χ3v) is 7.17. The lowest BCUT2D eigenvalue weighted by molar-refractivity contribution is -0.384. The number of imidazole rings is 1. The first-order valence-corrected chi connectivity index (χ1v) is 13.4. The van der Waals surface area contributed by atoms with E-state index < -0.39 is 4.92 Å². The molecule has 2 aromatic carbocycles. The zero-order valence-corrected chi connectivity index (χ0v) is 22.7. The molecular weight excluding hydrogens is 510 g/mol. The van der Waals surface area contributed by atoms with Crippen molar-refractivity contribution >= 4 is 45.9 Å². The molecule has 0 bridgehead atoms. The molecule has 2 heterocycles. The normalized spacial score (nSPS) is 17.1. The molecule has 4 aromatic rings. The van der Waals surface area contributed by atoms with Crippen LogP contribution >= 0.6 is 0 Å². The molecular formula is C28H33N9O3. The molecule has 0 atom stereocenters. The van der Waals surface area contributed by atoms with Crippen LogP contribution in [0.2, 0.25) is 0 Å². The summed E-state index contributed by atoms with van der Waals surface area (Å²) in [5.74, 6) is 0.745. The van der Waals surface area contributed by atoms with Gasteiger partial charge in [0, 0.05) is 47.2 Å². The molecule has 1 aliphatic rings. The maximum Gasteiger partial charge on any atom is 0.269 e. The van der Waals surface area contributed by atoms with Crippen LogP contribution in [0, 0.1) is 10.1 Å². The Morgan fingerprint density at radius 3 is 2.40 bits per heavy atom. The van der Waals surface area contributed by atoms with Gasteiger partial charge in [-0.25, -0.2) is 4.98 Å². The van der Waals surface area contributed by atoms with Crippen LogP contribution in [0.15, 0.2) is 54.9 Å². The quantitative estimate of drug-likeness (QED) is 0.164. The fraction of sp³-hybridized carbons (Fsp3) is 0.357. The molecule has 0 saturated heterocycles. The number of benzene rings is 2. The number of aromatic nitrogens is 4. The number of anilines is 4. The molecule has 208 valence electrons. The van der Waals surface area contributed by atoms with Crippen molar-refractivity contribution in [3.05, 3.63) is 70.5 Å². The maximum atomic E-state index is 12.7. The van der Waals surface area contributed by atoms with E-state index in [1.165, 1.54) is 24.3 Å². The lowest BCUT2D eigenvalue weighted by Crippen LogP contribution is -2.35. The second-order valence-electron chi connectivity index (χ2n) is 10.3. The number of amides is 1. The summed E-state index contributed by atoms with van der Waals surface area (Å²) in [6, 6.07) is 13.7. The minimum Gasteiger partial charge on any atom is -0.351 e. The van der Waals surface area contributed by atoms with Crippen LogP contribution in [0.25, 0.3) is 11.2 Å². The molecule has 40 heavy (non-hydrogen) atoms. The summed E-state index contributed by atoms with van der Waals surface area (Å²) < 4.78 is 2.02. The van der Waals surface area contributed by atoms with Gasteiger partial charge < -0.3 is 25.8 Å². The van der Waals surface area contributed by atoms with Crippen LogP contribution in [0.1, 0.15) is 55.9 Å². The van der Waals surface area contributed by atoms with E-state index >= 15 is 0 Å². The van der Waals surface area contributed by atoms with E-state index in [4.69, 9.17) is 9.97 Å². The van der Waals surface area contributed by atoms with Crippen LogP contribution in [0.3, 0.4) is 0 Å². The van der Waals surface area contributed by atoms with Gasteiger partial charge in [-0.3, -0.25) is 14.9 Å². The fourth-order valence-corrected chi connectivity index (χ4v) is 4.90. The Morgan fingerprint density at radius 1 is 1.02 bits per heavy atom. The predicted octanol–water partition coefficient (Wildman–Crippen LogP) is 5.25. The highest BCUT2D eigenvalue weighted by Gasteiger charge is 2.22. The third-order valence-electron chi connectivity index (χ3n) is 7.17. The number of nitro benzene ring substituents is 1. The van der Waals surface area contributed by atoms with Crippen LogP contribution < -0.4 is 21.3 Å². The molecule has 1 amide bonds. The number of fused-ring (bicyclic) bond motifs is 1. The zero-order valence-electron chi connectivity index (χ0n) is 22.7. The summed E-state index contributed by atoms with van der Waals surface area (Å²) in [7, 11) is 2.01. The van der Waals surface area contributed by atoms with E-state index in [-0.39, 0.29) is 17.6 Å². The predicted molar refractivity (Wildman–Crippen MR) is 155 cm³/mol. The number of nitrogens with one attached hydrogen (secondary N) is 4. The molecule has 0 radical (unpaired) electrons. The van der Waals surface area contributed by atoms with Gasteiger partial charge in [0.15, 0.2) is 17.0 Å². The van der Waals surface area contributed by atoms with E-state index in [2.05, 4.69) is 40.1 Å². The molecule has 12 nitrogen and oxygen atoms in total. The Labute approximate surface area is 231 Å². The highest BCUT2D eigenvalue weighted by Crippen LogP contribution is 2.29. The first-order chi connectivity index (χ1) is 19.3. The van der Waals surface area contributed by atoms with Gasteiger partial charge in [0.2, 0.25) is 5.95 Å². The second kappa shape index (κ2) is 11.7. The molecule has 1 saturated carbocycles. The van der Waals surface area contributed by atoms with E-state index in [9.17, 15) is 14.9 Å². The van der Waals surface area contributed by atoms with E-state index in [0.717, 1.165) is 31.3 Å². The van der Waals surface area contributed by atoms with Crippen molar-refractivity contribution in [2.75, 3.05) is 23.0 Å². The number of nitrogens with zero attached hydrogens (tertiary/aromatic N) is 5. The maximum absolute atomic E-state index is 12.7. The number of carbonyl (C=O) groups excluding carboxylic acids is 1. The van der Waals surface area contributed by atoms with Crippen LogP contribution in [-0.4, -0.2) is 49.5 Å². The number of rotatable bonds is 9. The Morgan fingerprint density at radius 2 is 1.73 bits per heavy atom. The Bertz CT molecular complexity index is 1510. The van der Waals surface area contributed by atoms with Crippen molar-refractivity contribution in [1.29, 1.82) is 0 Å². The summed E-state index contributed by atoms with van der Waals surface area (Å²) >= 11 is 0. The molecule has 12 heteroatoms. The zero-order chi connectivity index (χ0) is 28.2. The Hall–Kier alpha value is -4.58. The minimum absolute atomic E-state index is 0.0710. The van der Waals surface area contributed by atoms with Gasteiger partial charge in [-0.1, -0.05) is 6.07 Å². The molecule has 0 unspecified atom stereocenters. The van der Waals surface area contributed by atoms with Crippen molar-refractivity contribution in [3.63, 3.8) is 0 Å². The van der Waals surface area contributed by atoms with Gasteiger partial charge in [0.25, 0.3) is 11.6 Å². The number of non-ortho nitro benzene ring substituents is 1. The number of hydrogen-bond donors (Lipinski definition) is 4. The summed E-state index contributed by atoms with van der Waals surface area (Å²) in [5, 5.41) is 24.0. The summed E-state index contributed by atoms with van der Waals surface area (Å²) in [5.41, 5.74) is 2.91. The van der Waals surface area contributed by atoms with Gasteiger partial charge in [-0.2, -0.15) is 9.97 Å². The summed E-state index contributed by atoms with van der Waals surface area (Å²) in [4.78, 5) is 37.3. The topological polar surface area (TPSA) is 152 Å². The molecule has 4 N–H and O–H groups in total. The molecule has 5 rings (SSSR count). The number of hydrogen-bond acceptors (Lipinski definition) is 9.